The molecule has 0 saturated heterocycles. The van der Waals surface area contributed by atoms with Crippen molar-refractivity contribution in [2.45, 2.75) is 54.5 Å². The number of carbonyl (C=O) groups is 2. The molecule has 1 heterocycles. The molecule has 0 radical (unpaired) electrons. The van der Waals surface area contributed by atoms with Crippen LogP contribution in [0.5, 0.6) is 0 Å². The molecule has 256 valence electrons. The number of ketones is 1. The second-order valence-corrected chi connectivity index (χ2v) is 12.9. The number of rotatable bonds is 13. The predicted octanol–water partition coefficient (Wildman–Crippen LogP) is 9.17. The number of carbonyl (C=O) groups excluding carboxylic acids is 2. The molecule has 6 rings (SSSR count). The van der Waals surface area contributed by atoms with Crippen LogP contribution in [0.15, 0.2) is 90.1 Å². The fourth-order valence-electron chi connectivity index (χ4n) is 7.03. The molecular formula is C43H44N2O5. The average Bonchev–Trinajstić information content (AvgIpc) is 3.40. The van der Waals surface area contributed by atoms with Crippen molar-refractivity contribution in [2.24, 2.45) is 5.16 Å². The minimum absolute atomic E-state index is 0.00240. The normalized spacial score (nSPS) is 11.9. The Bertz CT molecular complexity index is 2240. The molecule has 5 aromatic carbocycles. The maximum Gasteiger partial charge on any atom is 0.332 e. The number of benzene rings is 5. The topological polar surface area (TPSA) is 79.1 Å². The SMILES string of the molecule is CCCOCCOCCn1c2ccc(/C(=N\OC(C)=O)c3ccccc3C)cc2c2cc(C(=O)c3c(C)cc(C)cc3C)c3ccccc3c21. The Balaban J connectivity index is 1.58. The van der Waals surface area contributed by atoms with E-state index in [0.29, 0.717) is 37.6 Å². The maximum absolute atomic E-state index is 14.6. The molecule has 0 saturated carbocycles. The summed E-state index contributed by atoms with van der Waals surface area (Å²) in [5.41, 5.74) is 9.70. The van der Waals surface area contributed by atoms with Crippen LogP contribution in [0.1, 0.15) is 69.6 Å². The number of oxime groups is 1. The van der Waals surface area contributed by atoms with Gasteiger partial charge in [-0.25, -0.2) is 4.79 Å². The Hall–Kier alpha value is -5.11. The van der Waals surface area contributed by atoms with Gasteiger partial charge in [0.1, 0.15) is 5.71 Å². The van der Waals surface area contributed by atoms with Crippen molar-refractivity contribution in [3.8, 4) is 0 Å². The number of hydrogen-bond acceptors (Lipinski definition) is 6. The Labute approximate surface area is 293 Å². The van der Waals surface area contributed by atoms with Crippen LogP contribution >= 0.6 is 0 Å². The van der Waals surface area contributed by atoms with Gasteiger partial charge >= 0.3 is 5.97 Å². The first-order valence-corrected chi connectivity index (χ1v) is 17.3. The van der Waals surface area contributed by atoms with E-state index in [4.69, 9.17) is 14.3 Å². The molecular weight excluding hydrogens is 624 g/mol. The zero-order valence-corrected chi connectivity index (χ0v) is 29.8. The summed E-state index contributed by atoms with van der Waals surface area (Å²) in [6.07, 6.45) is 0.973. The standard InChI is InChI=1S/C43H44N2O5/c1-7-19-48-21-22-49-20-18-45-39-17-16-32(41(44-50-31(6)46)33-13-9-8-12-28(33)3)25-36(39)37-26-38(34-14-10-11-15-35(34)42(37)45)43(47)40-29(4)23-27(2)24-30(40)5/h8-17,23-26H,7,18-22H2,1-6H3/b44-41+. The molecule has 0 aliphatic rings. The average molecular weight is 669 g/mol. The van der Waals surface area contributed by atoms with Crippen molar-refractivity contribution in [1.29, 1.82) is 0 Å². The second kappa shape index (κ2) is 15.2. The van der Waals surface area contributed by atoms with E-state index >= 15 is 0 Å². The Kier molecular flexibility index (Phi) is 10.6. The third-order valence-electron chi connectivity index (χ3n) is 9.13. The number of ether oxygens (including phenoxy) is 2. The van der Waals surface area contributed by atoms with Crippen LogP contribution in [0, 0.1) is 27.7 Å². The fourth-order valence-corrected chi connectivity index (χ4v) is 7.03. The van der Waals surface area contributed by atoms with E-state index in [0.717, 1.165) is 84.6 Å². The van der Waals surface area contributed by atoms with Gasteiger partial charge in [-0.2, -0.15) is 0 Å². The monoisotopic (exact) mass is 668 g/mol. The van der Waals surface area contributed by atoms with Crippen molar-refractivity contribution >= 4 is 50.0 Å². The molecule has 0 N–H and O–H groups in total. The lowest BCUT2D eigenvalue weighted by molar-refractivity contribution is -0.140. The zero-order valence-electron chi connectivity index (χ0n) is 29.8. The van der Waals surface area contributed by atoms with Gasteiger partial charge in [0.25, 0.3) is 0 Å². The minimum atomic E-state index is -0.495. The van der Waals surface area contributed by atoms with Crippen molar-refractivity contribution in [3.05, 3.63) is 129 Å². The molecule has 0 aliphatic carbocycles. The highest BCUT2D eigenvalue weighted by molar-refractivity contribution is 6.27. The van der Waals surface area contributed by atoms with Gasteiger partial charge in [-0.1, -0.05) is 84.4 Å². The van der Waals surface area contributed by atoms with Crippen LogP contribution in [0.3, 0.4) is 0 Å². The molecule has 7 nitrogen and oxygen atoms in total. The molecule has 1 aromatic heterocycles. The van der Waals surface area contributed by atoms with E-state index in [2.05, 4.69) is 60.0 Å². The van der Waals surface area contributed by atoms with Crippen LogP contribution < -0.4 is 0 Å². The fraction of sp³-hybridized carbons (Fsp3) is 0.279. The van der Waals surface area contributed by atoms with Crippen LogP contribution in [0.2, 0.25) is 0 Å². The van der Waals surface area contributed by atoms with Crippen molar-refractivity contribution in [2.75, 3.05) is 26.4 Å². The molecule has 0 spiro atoms. The summed E-state index contributed by atoms with van der Waals surface area (Å²) in [6, 6.07) is 28.4. The highest BCUT2D eigenvalue weighted by atomic mass is 16.7. The van der Waals surface area contributed by atoms with Gasteiger partial charge in [0.05, 0.1) is 25.3 Å². The minimum Gasteiger partial charge on any atom is -0.379 e. The van der Waals surface area contributed by atoms with E-state index < -0.39 is 5.97 Å². The van der Waals surface area contributed by atoms with E-state index in [9.17, 15) is 9.59 Å². The molecule has 0 amide bonds. The number of nitrogens with zero attached hydrogens (tertiary/aromatic N) is 2. The summed E-state index contributed by atoms with van der Waals surface area (Å²) >= 11 is 0. The molecule has 50 heavy (non-hydrogen) atoms. The first kappa shape index (κ1) is 34.7. The predicted molar refractivity (Wildman–Crippen MR) is 202 cm³/mol. The van der Waals surface area contributed by atoms with E-state index in [1.807, 2.05) is 69.3 Å². The number of aryl methyl sites for hydroxylation is 4. The number of hydrogen-bond donors (Lipinski definition) is 0. The largest absolute Gasteiger partial charge is 0.379 e. The Morgan fingerprint density at radius 2 is 1.36 bits per heavy atom. The van der Waals surface area contributed by atoms with Crippen molar-refractivity contribution in [1.82, 2.24) is 4.57 Å². The van der Waals surface area contributed by atoms with Gasteiger partial charge < -0.3 is 18.9 Å². The van der Waals surface area contributed by atoms with E-state index in [1.165, 1.54) is 6.92 Å². The number of fused-ring (bicyclic) bond motifs is 5. The van der Waals surface area contributed by atoms with Gasteiger partial charge in [0, 0.05) is 64.0 Å². The molecule has 0 bridgehead atoms. The van der Waals surface area contributed by atoms with Gasteiger partial charge in [-0.3, -0.25) is 4.79 Å². The van der Waals surface area contributed by atoms with E-state index in [-0.39, 0.29) is 5.78 Å². The summed E-state index contributed by atoms with van der Waals surface area (Å²) in [6.45, 7) is 14.4. The van der Waals surface area contributed by atoms with Crippen LogP contribution in [-0.4, -0.2) is 48.5 Å². The second-order valence-electron chi connectivity index (χ2n) is 12.9. The first-order valence-electron chi connectivity index (χ1n) is 17.3. The Morgan fingerprint density at radius 1 is 0.680 bits per heavy atom. The zero-order chi connectivity index (χ0) is 35.4. The Morgan fingerprint density at radius 3 is 2.06 bits per heavy atom. The summed E-state index contributed by atoms with van der Waals surface area (Å²) in [5.74, 6) is -0.493. The number of aromatic nitrogens is 1. The van der Waals surface area contributed by atoms with Crippen LogP contribution in [0.25, 0.3) is 32.6 Å². The molecule has 6 aromatic rings. The first-order chi connectivity index (χ1) is 24.2. The molecule has 0 unspecified atom stereocenters. The third kappa shape index (κ3) is 6.97. The molecule has 0 atom stereocenters. The van der Waals surface area contributed by atoms with Gasteiger partial charge in [-0.15, -0.1) is 0 Å². The van der Waals surface area contributed by atoms with Gasteiger partial charge in [0.2, 0.25) is 0 Å². The van der Waals surface area contributed by atoms with Crippen LogP contribution in [0.4, 0.5) is 0 Å². The lowest BCUT2D eigenvalue weighted by Crippen LogP contribution is -2.11. The highest BCUT2D eigenvalue weighted by Crippen LogP contribution is 2.38. The molecule has 0 aliphatic heterocycles. The summed E-state index contributed by atoms with van der Waals surface area (Å²) < 4.78 is 13.9. The quantitative estimate of drug-likeness (QED) is 0.0403. The third-order valence-corrected chi connectivity index (χ3v) is 9.13. The molecule has 0 fully saturated rings. The maximum atomic E-state index is 14.6. The lowest BCUT2D eigenvalue weighted by atomic mass is 9.89. The summed E-state index contributed by atoms with van der Waals surface area (Å²) in [7, 11) is 0. The highest BCUT2D eigenvalue weighted by Gasteiger charge is 2.23. The van der Waals surface area contributed by atoms with Gasteiger partial charge in [0.15, 0.2) is 5.78 Å². The van der Waals surface area contributed by atoms with Crippen LogP contribution in [-0.2, 0) is 25.7 Å². The molecule has 7 heteroatoms. The van der Waals surface area contributed by atoms with Crippen molar-refractivity contribution < 1.29 is 23.9 Å². The summed E-state index contributed by atoms with van der Waals surface area (Å²) in [4.78, 5) is 31.7. The van der Waals surface area contributed by atoms with Crippen molar-refractivity contribution in [3.63, 3.8) is 0 Å². The van der Waals surface area contributed by atoms with Gasteiger partial charge in [-0.05, 0) is 74.4 Å². The summed E-state index contributed by atoms with van der Waals surface area (Å²) in [5, 5.41) is 8.16. The van der Waals surface area contributed by atoms with E-state index in [1.54, 1.807) is 0 Å². The smallest absolute Gasteiger partial charge is 0.332 e. The lowest BCUT2D eigenvalue weighted by Gasteiger charge is -2.14.